The van der Waals surface area contributed by atoms with Gasteiger partial charge in [-0.3, -0.25) is 14.9 Å². The van der Waals surface area contributed by atoms with Crippen molar-refractivity contribution in [3.63, 3.8) is 0 Å². The molecule has 0 bridgehead atoms. The van der Waals surface area contributed by atoms with Gasteiger partial charge in [-0.25, -0.2) is 0 Å². The Morgan fingerprint density at radius 2 is 2.26 bits per heavy atom. The molecule has 2 aromatic rings. The molecule has 0 aliphatic rings. The van der Waals surface area contributed by atoms with Crippen LogP contribution < -0.4 is 0 Å². The van der Waals surface area contributed by atoms with Crippen LogP contribution in [0.15, 0.2) is 53.3 Å². The maximum absolute atomic E-state index is 12.8. The summed E-state index contributed by atoms with van der Waals surface area (Å²) in [5.74, 6) is -0.360. The summed E-state index contributed by atoms with van der Waals surface area (Å²) in [6.07, 6.45) is 3.48. The zero-order valence-corrected chi connectivity index (χ0v) is 14.2. The highest BCUT2D eigenvalue weighted by molar-refractivity contribution is 7.98. The Kier molecular flexibility index (Phi) is 5.95. The largest absolute Gasteiger partial charge is 0.330 e. The average molecular weight is 348 g/mol. The van der Waals surface area contributed by atoms with Gasteiger partial charge in [0, 0.05) is 22.4 Å². The topological polar surface area (TPSA) is 63.5 Å². The Hall–Kier alpha value is -2.12. The molecule has 0 N–H and O–H groups in total. The minimum atomic E-state index is -0.519. The van der Waals surface area contributed by atoms with Crippen molar-refractivity contribution in [2.75, 3.05) is 12.8 Å². The predicted molar refractivity (Wildman–Crippen MR) is 94.1 cm³/mol. The highest BCUT2D eigenvalue weighted by Gasteiger charge is 2.25. The number of hydrogen-bond donors (Lipinski definition) is 0. The first-order valence-electron chi connectivity index (χ1n) is 6.81. The van der Waals surface area contributed by atoms with Crippen molar-refractivity contribution in [2.45, 2.75) is 11.4 Å². The van der Waals surface area contributed by atoms with E-state index in [0.717, 1.165) is 9.77 Å². The number of amides is 1. The average Bonchev–Trinajstić information content (AvgIpc) is 3.06. The van der Waals surface area contributed by atoms with Crippen LogP contribution in [0.5, 0.6) is 0 Å². The lowest BCUT2D eigenvalue weighted by atomic mass is 10.1. The number of nitrogens with zero attached hydrogens (tertiary/aromatic N) is 2. The van der Waals surface area contributed by atoms with Crippen molar-refractivity contribution in [1.82, 2.24) is 4.90 Å². The van der Waals surface area contributed by atoms with Crippen LogP contribution in [-0.4, -0.2) is 28.5 Å². The van der Waals surface area contributed by atoms with Crippen molar-refractivity contribution in [1.29, 1.82) is 0 Å². The van der Waals surface area contributed by atoms with E-state index in [4.69, 9.17) is 0 Å². The van der Waals surface area contributed by atoms with E-state index in [-0.39, 0.29) is 17.2 Å². The van der Waals surface area contributed by atoms with Crippen molar-refractivity contribution < 1.29 is 9.72 Å². The number of carbonyl (C=O) groups is 1. The molecule has 0 aliphatic carbocycles. The molecule has 1 heterocycles. The van der Waals surface area contributed by atoms with Crippen LogP contribution in [0.1, 0.15) is 15.2 Å². The Bertz CT molecular complexity index is 714. The Morgan fingerprint density at radius 1 is 1.48 bits per heavy atom. The van der Waals surface area contributed by atoms with Gasteiger partial charge in [0.15, 0.2) is 0 Å². The number of carbonyl (C=O) groups excluding carboxylic acids is 1. The zero-order chi connectivity index (χ0) is 16.8. The Labute approximate surface area is 142 Å². The van der Waals surface area contributed by atoms with Gasteiger partial charge in [0.05, 0.1) is 11.5 Å². The van der Waals surface area contributed by atoms with E-state index >= 15 is 0 Å². The van der Waals surface area contributed by atoms with E-state index in [1.54, 1.807) is 34.4 Å². The number of nitro groups is 1. The van der Waals surface area contributed by atoms with Gasteiger partial charge in [-0.15, -0.1) is 29.7 Å². The smallest absolute Gasteiger partial charge is 0.282 e. The van der Waals surface area contributed by atoms with Gasteiger partial charge in [-0.1, -0.05) is 12.1 Å². The van der Waals surface area contributed by atoms with Crippen LogP contribution in [-0.2, 0) is 6.54 Å². The number of rotatable bonds is 7. The summed E-state index contributed by atoms with van der Waals surface area (Å²) in [7, 11) is 0. The van der Waals surface area contributed by atoms with Crippen LogP contribution in [0.3, 0.4) is 0 Å². The van der Waals surface area contributed by atoms with Crippen molar-refractivity contribution in [3.8, 4) is 0 Å². The Morgan fingerprint density at radius 3 is 2.83 bits per heavy atom. The van der Waals surface area contributed by atoms with Gasteiger partial charge in [0.25, 0.3) is 11.6 Å². The summed E-state index contributed by atoms with van der Waals surface area (Å²) in [5, 5.41) is 13.2. The van der Waals surface area contributed by atoms with Crippen molar-refractivity contribution >= 4 is 34.7 Å². The van der Waals surface area contributed by atoms with Gasteiger partial charge >= 0.3 is 0 Å². The number of benzene rings is 1. The van der Waals surface area contributed by atoms with E-state index in [0.29, 0.717) is 13.1 Å². The van der Waals surface area contributed by atoms with Crippen molar-refractivity contribution in [3.05, 3.63) is 68.9 Å². The summed E-state index contributed by atoms with van der Waals surface area (Å²) in [4.78, 5) is 26.9. The molecule has 0 saturated heterocycles. The van der Waals surface area contributed by atoms with Crippen LogP contribution in [0, 0.1) is 10.1 Å². The summed E-state index contributed by atoms with van der Waals surface area (Å²) in [6, 6.07) is 8.46. The summed E-state index contributed by atoms with van der Waals surface area (Å²) < 4.78 is 0. The van der Waals surface area contributed by atoms with E-state index in [1.165, 1.54) is 17.8 Å². The fraction of sp³-hybridized carbons (Fsp3) is 0.188. The first kappa shape index (κ1) is 17.2. The third kappa shape index (κ3) is 4.20. The molecule has 1 aromatic carbocycles. The third-order valence-corrected chi connectivity index (χ3v) is 4.78. The van der Waals surface area contributed by atoms with Crippen LogP contribution in [0.2, 0.25) is 0 Å². The minimum Gasteiger partial charge on any atom is -0.330 e. The first-order valence-corrected chi connectivity index (χ1v) is 8.92. The minimum absolute atomic E-state index is 0.111. The fourth-order valence-corrected chi connectivity index (χ4v) is 3.27. The van der Waals surface area contributed by atoms with Gasteiger partial charge in [0.2, 0.25) is 0 Å². The van der Waals surface area contributed by atoms with E-state index in [2.05, 4.69) is 6.58 Å². The second kappa shape index (κ2) is 7.94. The molecule has 1 aromatic heterocycles. The lowest BCUT2D eigenvalue weighted by Crippen LogP contribution is -2.31. The number of thiophene rings is 1. The molecule has 0 spiro atoms. The zero-order valence-electron chi connectivity index (χ0n) is 12.6. The molecule has 0 aliphatic heterocycles. The molecule has 0 unspecified atom stereocenters. The lowest BCUT2D eigenvalue weighted by molar-refractivity contribution is -0.385. The number of thioether (sulfide) groups is 1. The maximum atomic E-state index is 12.8. The van der Waals surface area contributed by atoms with Crippen molar-refractivity contribution in [2.24, 2.45) is 0 Å². The molecule has 0 saturated carbocycles. The molecule has 5 nitrogen and oxygen atoms in total. The fourth-order valence-electron chi connectivity index (χ4n) is 2.11. The van der Waals surface area contributed by atoms with E-state index < -0.39 is 4.92 Å². The molecule has 1 amide bonds. The molecular weight excluding hydrogens is 332 g/mol. The highest BCUT2D eigenvalue weighted by atomic mass is 32.2. The quantitative estimate of drug-likeness (QED) is 0.325. The second-order valence-corrected chi connectivity index (χ2v) is 6.61. The summed E-state index contributed by atoms with van der Waals surface area (Å²) in [5.41, 5.74) is -0.0618. The SMILES string of the molecule is C=CCN(Cc1cccs1)C(=O)c1cc(SC)ccc1[N+](=O)[O-]. The van der Waals surface area contributed by atoms with E-state index in [1.807, 2.05) is 23.8 Å². The number of nitro benzene ring substituents is 1. The first-order chi connectivity index (χ1) is 11.1. The molecule has 0 atom stereocenters. The monoisotopic (exact) mass is 348 g/mol. The lowest BCUT2D eigenvalue weighted by Gasteiger charge is -2.20. The van der Waals surface area contributed by atoms with E-state index in [9.17, 15) is 14.9 Å². The molecule has 120 valence electrons. The highest BCUT2D eigenvalue weighted by Crippen LogP contribution is 2.26. The van der Waals surface area contributed by atoms with Gasteiger partial charge in [-0.05, 0) is 29.8 Å². The predicted octanol–water partition coefficient (Wildman–Crippen LogP) is 4.21. The molecule has 0 fully saturated rings. The molecular formula is C16H16N2O3S2. The summed E-state index contributed by atoms with van der Waals surface area (Å²) >= 11 is 2.98. The Balaban J connectivity index is 2.38. The van der Waals surface area contributed by atoms with Crippen LogP contribution in [0.25, 0.3) is 0 Å². The van der Waals surface area contributed by atoms with Gasteiger partial charge in [-0.2, -0.15) is 0 Å². The third-order valence-electron chi connectivity index (χ3n) is 3.19. The molecule has 2 rings (SSSR count). The normalized spacial score (nSPS) is 10.3. The van der Waals surface area contributed by atoms with Gasteiger partial charge < -0.3 is 4.90 Å². The van der Waals surface area contributed by atoms with Crippen LogP contribution >= 0.6 is 23.1 Å². The molecule has 7 heteroatoms. The molecule has 0 radical (unpaired) electrons. The maximum Gasteiger partial charge on any atom is 0.282 e. The molecule has 23 heavy (non-hydrogen) atoms. The van der Waals surface area contributed by atoms with Crippen LogP contribution in [0.4, 0.5) is 5.69 Å². The summed E-state index contributed by atoms with van der Waals surface area (Å²) in [6.45, 7) is 4.41. The van der Waals surface area contributed by atoms with Gasteiger partial charge in [0.1, 0.15) is 5.56 Å². The number of hydrogen-bond acceptors (Lipinski definition) is 5. The second-order valence-electron chi connectivity index (χ2n) is 4.69. The standard InChI is InChI=1S/C16H16N2O3S2/c1-3-8-17(11-13-5-4-9-23-13)16(19)14-10-12(22-2)6-7-15(14)18(20)21/h3-7,9-10H,1,8,11H2,2H3.